The van der Waals surface area contributed by atoms with Crippen LogP contribution in [0.4, 0.5) is 5.69 Å². The molecule has 0 fully saturated rings. The minimum absolute atomic E-state index is 0.772. The summed E-state index contributed by atoms with van der Waals surface area (Å²) in [4.78, 5) is 12.3. The zero-order valence-electron chi connectivity index (χ0n) is 13.4. The summed E-state index contributed by atoms with van der Waals surface area (Å²) in [6, 6.07) is 14.4. The molecule has 0 spiro atoms. The van der Waals surface area contributed by atoms with Gasteiger partial charge in [-0.25, -0.2) is 0 Å². The van der Waals surface area contributed by atoms with E-state index in [9.17, 15) is 0 Å². The number of para-hydroxylation sites is 1. The zero-order chi connectivity index (χ0) is 15.6. The molecule has 0 aliphatic heterocycles. The van der Waals surface area contributed by atoms with Crippen molar-refractivity contribution < 1.29 is 0 Å². The van der Waals surface area contributed by atoms with Gasteiger partial charge in [0.1, 0.15) is 0 Å². The topological polar surface area (TPSA) is 12.4 Å². The summed E-state index contributed by atoms with van der Waals surface area (Å²) in [6.07, 6.45) is 0. The van der Waals surface area contributed by atoms with Gasteiger partial charge in [-0.15, -0.1) is 0 Å². The summed E-state index contributed by atoms with van der Waals surface area (Å²) in [5.74, 6) is 0. The molecule has 0 saturated heterocycles. The third-order valence-electron chi connectivity index (χ3n) is 3.49. The first-order chi connectivity index (χ1) is 9.79. The molecule has 0 saturated carbocycles. The van der Waals surface area contributed by atoms with E-state index in [2.05, 4.69) is 59.0 Å². The Kier molecular flexibility index (Phi) is 5.15. The Balaban J connectivity index is 2.61. The van der Waals surface area contributed by atoms with Crippen molar-refractivity contribution in [3.8, 4) is 0 Å². The summed E-state index contributed by atoms with van der Waals surface area (Å²) < 4.78 is 1.29. The van der Waals surface area contributed by atoms with E-state index in [-0.39, 0.29) is 0 Å². The Hall–Kier alpha value is -0.801. The number of hydrogen-bond acceptors (Lipinski definition) is 1. The van der Waals surface area contributed by atoms with Crippen LogP contribution in [0, 0.1) is 13.8 Å². The first-order valence-corrected chi connectivity index (χ1v) is 17.6. The maximum absolute atomic E-state index is 6.02. The first kappa shape index (κ1) is 16.6. The van der Waals surface area contributed by atoms with E-state index in [0.717, 1.165) is 10.7 Å². The van der Waals surface area contributed by atoms with E-state index < -0.39 is 18.4 Å². The van der Waals surface area contributed by atoms with Crippen molar-refractivity contribution in [3.05, 3.63) is 64.2 Å². The fraction of sp³-hybridized carbons (Fsp3) is 0.278. The molecule has 0 N–H and O–H groups in total. The van der Waals surface area contributed by atoms with Crippen molar-refractivity contribution in [1.29, 1.82) is 0 Å². The van der Waals surface area contributed by atoms with Crippen LogP contribution >= 0.6 is 11.6 Å². The average Bonchev–Trinajstić information content (AvgIpc) is 2.38. The fourth-order valence-electron chi connectivity index (χ4n) is 2.37. The quantitative estimate of drug-likeness (QED) is 0.441. The molecule has 3 heteroatoms. The van der Waals surface area contributed by atoms with Gasteiger partial charge in [-0.3, -0.25) is 0 Å². The number of hydrogen-bond donors (Lipinski definition) is 0. The molecule has 0 aliphatic carbocycles. The number of halogens is 1. The molecule has 1 nitrogen and oxygen atoms in total. The van der Waals surface area contributed by atoms with E-state index >= 15 is 0 Å². The molecule has 0 atom stereocenters. The minimum atomic E-state index is -2.35. The Bertz CT molecular complexity index is 646. The van der Waals surface area contributed by atoms with Crippen LogP contribution in [-0.2, 0) is 0 Å². The van der Waals surface area contributed by atoms with Crippen LogP contribution in [0.5, 0.6) is 0 Å². The van der Waals surface area contributed by atoms with Gasteiger partial charge in [0.2, 0.25) is 0 Å². The summed E-state index contributed by atoms with van der Waals surface area (Å²) in [6.45, 7) is 4.26. The molecule has 2 aromatic carbocycles. The van der Waals surface area contributed by atoms with Crippen molar-refractivity contribution in [1.82, 2.24) is 0 Å². The van der Waals surface area contributed by atoms with Crippen LogP contribution < -0.4 is 0 Å². The molecule has 0 unspecified atom stereocenters. The second-order valence-electron chi connectivity index (χ2n) is 6.46. The molecular weight excluding hydrogens is 384 g/mol. The Labute approximate surface area is 136 Å². The standard InChI is InChI=1S/C15H13ClN.3CH3.Sn/c1-11-4-3-5-12(2)15(11)17-10-13-6-8-14(16)9-7-13;;;;/h3-9H,1-2H3;3*1H3;. The number of aryl methyl sites for hydroxylation is 2. The SMILES string of the molecule is Cc1cccc(C)c1N=[C](c1ccc(Cl)cc1)[Sn]([CH3])([CH3])[CH3]. The fourth-order valence-corrected chi connectivity index (χ4v) is 6.72. The Morgan fingerprint density at radius 2 is 1.43 bits per heavy atom. The van der Waals surface area contributed by atoms with Crippen LogP contribution in [0.2, 0.25) is 19.8 Å². The second-order valence-corrected chi connectivity index (χ2v) is 21.1. The molecule has 0 bridgehead atoms. The summed E-state index contributed by atoms with van der Waals surface area (Å²) in [7, 11) is 0. The number of nitrogens with zero attached hydrogens (tertiary/aromatic N) is 1. The van der Waals surface area contributed by atoms with Crippen LogP contribution in [0.25, 0.3) is 0 Å². The normalized spacial score (nSPS) is 12.6. The second kappa shape index (κ2) is 6.53. The number of rotatable bonds is 3. The van der Waals surface area contributed by atoms with Crippen molar-refractivity contribution in [2.75, 3.05) is 0 Å². The van der Waals surface area contributed by atoms with Crippen LogP contribution in [0.3, 0.4) is 0 Å². The van der Waals surface area contributed by atoms with E-state index in [1.165, 1.54) is 20.4 Å². The average molecular weight is 407 g/mol. The van der Waals surface area contributed by atoms with Crippen LogP contribution in [0.1, 0.15) is 16.7 Å². The van der Waals surface area contributed by atoms with Crippen LogP contribution in [0.15, 0.2) is 47.5 Å². The van der Waals surface area contributed by atoms with E-state index in [0.29, 0.717) is 0 Å². The van der Waals surface area contributed by atoms with Gasteiger partial charge >= 0.3 is 137 Å². The van der Waals surface area contributed by atoms with Crippen molar-refractivity contribution in [2.45, 2.75) is 28.7 Å². The van der Waals surface area contributed by atoms with Gasteiger partial charge in [0, 0.05) is 0 Å². The molecule has 0 radical (unpaired) electrons. The molecule has 110 valence electrons. The van der Waals surface area contributed by atoms with Gasteiger partial charge in [-0.05, 0) is 0 Å². The van der Waals surface area contributed by atoms with Gasteiger partial charge < -0.3 is 0 Å². The summed E-state index contributed by atoms with van der Waals surface area (Å²) in [5, 5.41) is 0.772. The monoisotopic (exact) mass is 407 g/mol. The van der Waals surface area contributed by atoms with Gasteiger partial charge in [0.15, 0.2) is 0 Å². The van der Waals surface area contributed by atoms with Crippen molar-refractivity contribution >= 4 is 39.4 Å². The molecule has 0 heterocycles. The molecule has 0 amide bonds. The molecular formula is C18H22ClNSn. The van der Waals surface area contributed by atoms with Gasteiger partial charge in [-0.1, -0.05) is 0 Å². The van der Waals surface area contributed by atoms with E-state index in [1.807, 2.05) is 12.1 Å². The first-order valence-electron chi connectivity index (χ1n) is 7.20. The summed E-state index contributed by atoms with van der Waals surface area (Å²) in [5.41, 5.74) is 4.80. The molecule has 2 aromatic rings. The predicted molar refractivity (Wildman–Crippen MR) is 96.9 cm³/mol. The summed E-state index contributed by atoms with van der Waals surface area (Å²) >= 11 is 3.67. The number of benzene rings is 2. The zero-order valence-corrected chi connectivity index (χ0v) is 17.0. The maximum atomic E-state index is 6.02. The van der Waals surface area contributed by atoms with Gasteiger partial charge in [-0.2, -0.15) is 0 Å². The molecule has 2 rings (SSSR count). The molecule has 21 heavy (non-hydrogen) atoms. The van der Waals surface area contributed by atoms with E-state index in [1.54, 1.807) is 0 Å². The van der Waals surface area contributed by atoms with Crippen LogP contribution in [-0.4, -0.2) is 22.1 Å². The van der Waals surface area contributed by atoms with Gasteiger partial charge in [0.05, 0.1) is 0 Å². The third-order valence-corrected chi connectivity index (χ3v) is 8.94. The Morgan fingerprint density at radius 1 is 0.905 bits per heavy atom. The van der Waals surface area contributed by atoms with Crippen molar-refractivity contribution in [3.63, 3.8) is 0 Å². The van der Waals surface area contributed by atoms with E-state index in [4.69, 9.17) is 16.6 Å². The van der Waals surface area contributed by atoms with Crippen molar-refractivity contribution in [2.24, 2.45) is 4.99 Å². The number of aliphatic imine (C=N–C) groups is 1. The molecule has 0 aromatic heterocycles. The predicted octanol–water partition coefficient (Wildman–Crippen LogP) is 5.96. The Morgan fingerprint density at radius 3 is 1.90 bits per heavy atom. The van der Waals surface area contributed by atoms with Gasteiger partial charge in [0.25, 0.3) is 0 Å². The molecule has 0 aliphatic rings. The third kappa shape index (κ3) is 4.10.